The van der Waals surface area contributed by atoms with Gasteiger partial charge in [0.15, 0.2) is 0 Å². The Morgan fingerprint density at radius 3 is 2.10 bits per heavy atom. The van der Waals surface area contributed by atoms with Crippen LogP contribution in [0.5, 0.6) is 5.75 Å². The molecule has 2 heterocycles. The first-order chi connectivity index (χ1) is 19.1. The van der Waals surface area contributed by atoms with Crippen molar-refractivity contribution in [3.8, 4) is 17.1 Å². The summed E-state index contributed by atoms with van der Waals surface area (Å²) in [7, 11) is 0. The first-order valence-electron chi connectivity index (χ1n) is 12.8. The van der Waals surface area contributed by atoms with Crippen LogP contribution in [0.3, 0.4) is 0 Å². The second kappa shape index (κ2) is 10.4. The van der Waals surface area contributed by atoms with Gasteiger partial charge in [-0.15, -0.1) is 0 Å². The second-order valence-corrected chi connectivity index (χ2v) is 9.41. The number of carbonyl (C=O) groups is 3. The fourth-order valence-electron chi connectivity index (χ4n) is 4.90. The minimum Gasteiger partial charge on any atom is -0.427 e. The van der Waals surface area contributed by atoms with E-state index in [1.165, 1.54) is 10.5 Å². The van der Waals surface area contributed by atoms with Gasteiger partial charge in [0.25, 0.3) is 11.8 Å². The molecule has 39 heavy (non-hydrogen) atoms. The average Bonchev–Trinajstić information content (AvgIpc) is 3.45. The predicted molar refractivity (Wildman–Crippen MR) is 147 cm³/mol. The summed E-state index contributed by atoms with van der Waals surface area (Å²) in [5, 5.41) is 0. The number of amides is 2. The Morgan fingerprint density at radius 2 is 1.38 bits per heavy atom. The smallest absolute Gasteiger partial charge is 0.311 e. The molecule has 0 radical (unpaired) electrons. The number of para-hydroxylation sites is 2. The molecule has 1 aliphatic heterocycles. The van der Waals surface area contributed by atoms with E-state index in [2.05, 4.69) is 22.8 Å². The van der Waals surface area contributed by atoms with E-state index in [-0.39, 0.29) is 24.8 Å². The van der Waals surface area contributed by atoms with E-state index in [0.717, 1.165) is 22.4 Å². The lowest BCUT2D eigenvalue weighted by Crippen LogP contribution is -2.31. The molecule has 7 nitrogen and oxygen atoms in total. The first kappa shape index (κ1) is 24.3. The number of hydrogen-bond donors (Lipinski definition) is 0. The number of hydrogen-bond acceptors (Lipinski definition) is 5. The summed E-state index contributed by atoms with van der Waals surface area (Å²) in [6, 6.07) is 32.3. The summed E-state index contributed by atoms with van der Waals surface area (Å²) in [6.45, 7) is 0.846. The average molecular weight is 516 g/mol. The standard InChI is InChI=1S/C32H25N3O4/c36-29(15-8-20-34-31(37)25-11-4-5-12-26(25)32(34)38)39-24-18-16-23(17-19-24)30-33-27-13-6-7-14-28(27)35(30)21-22-9-2-1-3-10-22/h1-7,9-14,16-19H,8,15,20-21H2. The lowest BCUT2D eigenvalue weighted by Gasteiger charge is -2.13. The normalized spacial score (nSPS) is 12.7. The van der Waals surface area contributed by atoms with Crippen molar-refractivity contribution in [1.29, 1.82) is 0 Å². The molecule has 7 heteroatoms. The van der Waals surface area contributed by atoms with Crippen LogP contribution in [0.1, 0.15) is 39.1 Å². The highest BCUT2D eigenvalue weighted by molar-refractivity contribution is 6.21. The van der Waals surface area contributed by atoms with Gasteiger partial charge < -0.3 is 9.30 Å². The first-order valence-corrected chi connectivity index (χ1v) is 12.8. The van der Waals surface area contributed by atoms with Crippen LogP contribution in [0.25, 0.3) is 22.4 Å². The summed E-state index contributed by atoms with van der Waals surface area (Å²) in [4.78, 5) is 43.5. The van der Waals surface area contributed by atoms with Gasteiger partial charge in [-0.05, 0) is 60.5 Å². The van der Waals surface area contributed by atoms with Crippen molar-refractivity contribution >= 4 is 28.8 Å². The van der Waals surface area contributed by atoms with Crippen molar-refractivity contribution in [1.82, 2.24) is 14.5 Å². The van der Waals surface area contributed by atoms with Gasteiger partial charge >= 0.3 is 5.97 Å². The molecule has 0 unspecified atom stereocenters. The molecule has 0 saturated heterocycles. The number of fused-ring (bicyclic) bond motifs is 2. The second-order valence-electron chi connectivity index (χ2n) is 9.41. The summed E-state index contributed by atoms with van der Waals surface area (Å²) in [5.41, 5.74) is 4.85. The van der Waals surface area contributed by atoms with Crippen molar-refractivity contribution in [2.75, 3.05) is 6.54 Å². The molecule has 6 rings (SSSR count). The van der Waals surface area contributed by atoms with E-state index < -0.39 is 5.97 Å². The number of imide groups is 1. The number of nitrogens with zero attached hydrogens (tertiary/aromatic N) is 3. The number of esters is 1. The van der Waals surface area contributed by atoms with Crippen molar-refractivity contribution in [2.45, 2.75) is 19.4 Å². The molecule has 2 amide bonds. The number of carbonyl (C=O) groups excluding carboxylic acids is 3. The molecule has 5 aromatic rings. The molecule has 0 bridgehead atoms. The van der Waals surface area contributed by atoms with Crippen molar-refractivity contribution in [3.05, 3.63) is 120 Å². The Hall–Kier alpha value is -5.04. The third kappa shape index (κ3) is 4.82. The largest absolute Gasteiger partial charge is 0.427 e. The Morgan fingerprint density at radius 1 is 0.744 bits per heavy atom. The van der Waals surface area contributed by atoms with Gasteiger partial charge in [0.05, 0.1) is 22.2 Å². The molecule has 0 atom stereocenters. The van der Waals surface area contributed by atoms with Crippen LogP contribution >= 0.6 is 0 Å². The van der Waals surface area contributed by atoms with Crippen molar-refractivity contribution in [3.63, 3.8) is 0 Å². The topological polar surface area (TPSA) is 81.5 Å². The molecule has 0 spiro atoms. The minimum atomic E-state index is -0.421. The number of rotatable bonds is 8. The van der Waals surface area contributed by atoms with Gasteiger partial charge in [-0.25, -0.2) is 4.98 Å². The van der Waals surface area contributed by atoms with Crippen LogP contribution in [0.15, 0.2) is 103 Å². The van der Waals surface area contributed by atoms with Crippen LogP contribution in [0.4, 0.5) is 0 Å². The Balaban J connectivity index is 1.11. The van der Waals surface area contributed by atoms with E-state index >= 15 is 0 Å². The molecule has 0 N–H and O–H groups in total. The molecule has 1 aromatic heterocycles. The van der Waals surface area contributed by atoms with Crippen LogP contribution < -0.4 is 4.74 Å². The van der Waals surface area contributed by atoms with Gasteiger partial charge in [-0.2, -0.15) is 0 Å². The van der Waals surface area contributed by atoms with Crippen LogP contribution in [-0.2, 0) is 11.3 Å². The number of ether oxygens (including phenoxy) is 1. The SMILES string of the molecule is O=C(CCCN1C(=O)c2ccccc2C1=O)Oc1ccc(-c2nc3ccccc3n2Cc2ccccc2)cc1. The Kier molecular flexibility index (Phi) is 6.47. The van der Waals surface area contributed by atoms with Crippen LogP contribution in [0, 0.1) is 0 Å². The van der Waals surface area contributed by atoms with Gasteiger partial charge in [-0.1, -0.05) is 54.6 Å². The quantitative estimate of drug-likeness (QED) is 0.150. The third-order valence-electron chi connectivity index (χ3n) is 6.82. The van der Waals surface area contributed by atoms with Crippen LogP contribution in [-0.4, -0.2) is 38.8 Å². The molecular formula is C32H25N3O4. The van der Waals surface area contributed by atoms with E-state index in [0.29, 0.717) is 29.8 Å². The van der Waals surface area contributed by atoms with E-state index in [1.54, 1.807) is 36.4 Å². The van der Waals surface area contributed by atoms with Gasteiger partial charge in [0, 0.05) is 25.1 Å². The van der Waals surface area contributed by atoms with Crippen LogP contribution in [0.2, 0.25) is 0 Å². The van der Waals surface area contributed by atoms with Gasteiger partial charge in [0.1, 0.15) is 11.6 Å². The maximum atomic E-state index is 12.5. The lowest BCUT2D eigenvalue weighted by molar-refractivity contribution is -0.134. The zero-order valence-electron chi connectivity index (χ0n) is 21.1. The fraction of sp³-hybridized carbons (Fsp3) is 0.125. The highest BCUT2D eigenvalue weighted by atomic mass is 16.5. The van der Waals surface area contributed by atoms with E-state index in [9.17, 15) is 14.4 Å². The summed E-state index contributed by atoms with van der Waals surface area (Å²) in [6.07, 6.45) is 0.411. The van der Waals surface area contributed by atoms with Gasteiger partial charge in [-0.3, -0.25) is 19.3 Å². The van der Waals surface area contributed by atoms with Gasteiger partial charge in [0.2, 0.25) is 0 Å². The summed E-state index contributed by atoms with van der Waals surface area (Å²) >= 11 is 0. The molecule has 0 saturated carbocycles. The maximum Gasteiger partial charge on any atom is 0.311 e. The van der Waals surface area contributed by atoms with E-state index in [1.807, 2.05) is 48.5 Å². The Labute approximate surface area is 225 Å². The molecule has 0 fully saturated rings. The number of benzene rings is 4. The summed E-state index contributed by atoms with van der Waals surface area (Å²) < 4.78 is 7.70. The zero-order chi connectivity index (χ0) is 26.8. The minimum absolute atomic E-state index is 0.0853. The lowest BCUT2D eigenvalue weighted by atomic mass is 10.1. The van der Waals surface area contributed by atoms with E-state index in [4.69, 9.17) is 9.72 Å². The number of imidazole rings is 1. The summed E-state index contributed by atoms with van der Waals surface area (Å²) in [5.74, 6) is 0.195. The molecule has 192 valence electrons. The maximum absolute atomic E-state index is 12.5. The molecule has 1 aliphatic rings. The molecular weight excluding hydrogens is 490 g/mol. The zero-order valence-corrected chi connectivity index (χ0v) is 21.1. The molecule has 0 aliphatic carbocycles. The third-order valence-corrected chi connectivity index (χ3v) is 6.82. The van der Waals surface area contributed by atoms with Crippen molar-refractivity contribution in [2.24, 2.45) is 0 Å². The highest BCUT2D eigenvalue weighted by Crippen LogP contribution is 2.28. The molecule has 4 aromatic carbocycles. The monoisotopic (exact) mass is 515 g/mol. The fourth-order valence-corrected chi connectivity index (χ4v) is 4.90. The predicted octanol–water partition coefficient (Wildman–Crippen LogP) is 5.73. The highest BCUT2D eigenvalue weighted by Gasteiger charge is 2.34. The Bertz CT molecular complexity index is 1660. The number of aromatic nitrogens is 2. The van der Waals surface area contributed by atoms with Crippen molar-refractivity contribution < 1.29 is 19.1 Å².